The summed E-state index contributed by atoms with van der Waals surface area (Å²) >= 11 is 5.66. The highest BCUT2D eigenvalue weighted by Crippen LogP contribution is 2.25. The molecule has 2 rings (SSSR count). The molecule has 1 aliphatic rings. The van der Waals surface area contributed by atoms with E-state index in [1.54, 1.807) is 12.1 Å². The summed E-state index contributed by atoms with van der Waals surface area (Å²) in [6.07, 6.45) is 3.54. The van der Waals surface area contributed by atoms with Crippen molar-refractivity contribution in [3.8, 4) is 0 Å². The van der Waals surface area contributed by atoms with Gasteiger partial charge in [-0.15, -0.1) is 10.2 Å². The second kappa shape index (κ2) is 5.31. The summed E-state index contributed by atoms with van der Waals surface area (Å²) in [6.45, 7) is 0. The molecule has 0 unspecified atom stereocenters. The summed E-state index contributed by atoms with van der Waals surface area (Å²) in [5.41, 5.74) is 5.29. The first-order valence-corrected chi connectivity index (χ1v) is 6.08. The normalized spacial score (nSPS) is 24.3. The van der Waals surface area contributed by atoms with E-state index in [9.17, 15) is 4.79 Å². The maximum absolute atomic E-state index is 11.0. The predicted octanol–water partition coefficient (Wildman–Crippen LogP) is 1.59. The molecule has 0 spiro atoms. The maximum Gasteiger partial charge on any atom is 0.220 e. The lowest BCUT2D eigenvalue weighted by molar-refractivity contribution is -0.122. The lowest BCUT2D eigenvalue weighted by Gasteiger charge is -2.27. The lowest BCUT2D eigenvalue weighted by atomic mass is 9.85. The minimum atomic E-state index is -0.185. The molecule has 1 saturated carbocycles. The van der Waals surface area contributed by atoms with Crippen LogP contribution in [0, 0.1) is 5.92 Å². The van der Waals surface area contributed by atoms with Gasteiger partial charge in [0.05, 0.1) is 0 Å². The molecule has 1 heterocycles. The van der Waals surface area contributed by atoms with Crippen molar-refractivity contribution in [2.24, 2.45) is 11.7 Å². The predicted molar refractivity (Wildman–Crippen MR) is 65.6 cm³/mol. The number of aromatic nitrogens is 2. The first-order chi connectivity index (χ1) is 8.15. The number of carbonyl (C=O) groups is 1. The Balaban J connectivity index is 1.85. The zero-order valence-electron chi connectivity index (χ0n) is 9.40. The molecule has 17 heavy (non-hydrogen) atoms. The monoisotopic (exact) mass is 254 g/mol. The Morgan fingerprint density at radius 1 is 1.29 bits per heavy atom. The molecule has 0 aliphatic heterocycles. The molecule has 3 N–H and O–H groups in total. The van der Waals surface area contributed by atoms with Crippen LogP contribution in [0.1, 0.15) is 25.7 Å². The van der Waals surface area contributed by atoms with Crippen LogP contribution in [0.2, 0.25) is 5.15 Å². The molecule has 0 bridgehead atoms. The van der Waals surface area contributed by atoms with Crippen LogP contribution in [0.15, 0.2) is 12.1 Å². The van der Waals surface area contributed by atoms with Crippen molar-refractivity contribution in [3.63, 3.8) is 0 Å². The van der Waals surface area contributed by atoms with Gasteiger partial charge in [0.1, 0.15) is 5.82 Å². The highest BCUT2D eigenvalue weighted by atomic mass is 35.5. The van der Waals surface area contributed by atoms with Gasteiger partial charge in [-0.1, -0.05) is 11.6 Å². The van der Waals surface area contributed by atoms with Gasteiger partial charge in [0.15, 0.2) is 5.15 Å². The number of nitrogens with two attached hydrogens (primary N) is 1. The lowest BCUT2D eigenvalue weighted by Crippen LogP contribution is -2.32. The van der Waals surface area contributed by atoms with Gasteiger partial charge in [-0.25, -0.2) is 0 Å². The minimum absolute atomic E-state index is 0.0318. The van der Waals surface area contributed by atoms with Crippen molar-refractivity contribution in [2.45, 2.75) is 31.7 Å². The largest absolute Gasteiger partial charge is 0.369 e. The van der Waals surface area contributed by atoms with Gasteiger partial charge in [0.25, 0.3) is 0 Å². The average Bonchev–Trinajstić information content (AvgIpc) is 2.33. The van der Waals surface area contributed by atoms with E-state index in [4.69, 9.17) is 17.3 Å². The number of hydrogen-bond donors (Lipinski definition) is 2. The first kappa shape index (κ1) is 12.1. The van der Waals surface area contributed by atoms with Crippen molar-refractivity contribution in [1.82, 2.24) is 10.2 Å². The molecule has 1 aromatic rings. The third-order valence-corrected chi connectivity index (χ3v) is 3.32. The van der Waals surface area contributed by atoms with E-state index in [2.05, 4.69) is 15.5 Å². The standard InChI is InChI=1S/C11H15ClN4O/c12-9-5-6-10(16-15-9)14-8-3-1-7(2-4-8)11(13)17/h5-8H,1-4H2,(H2,13,17)(H,14,16). The van der Waals surface area contributed by atoms with Crippen LogP contribution in [0.5, 0.6) is 0 Å². The van der Waals surface area contributed by atoms with Crippen molar-refractivity contribution >= 4 is 23.3 Å². The molecule has 6 heteroatoms. The second-order valence-electron chi connectivity index (χ2n) is 4.34. The van der Waals surface area contributed by atoms with Crippen LogP contribution < -0.4 is 11.1 Å². The Morgan fingerprint density at radius 3 is 2.53 bits per heavy atom. The van der Waals surface area contributed by atoms with Gasteiger partial charge in [-0.2, -0.15) is 0 Å². The van der Waals surface area contributed by atoms with E-state index in [0.29, 0.717) is 11.2 Å². The number of carbonyl (C=O) groups excluding carboxylic acids is 1. The Labute approximate surface area is 105 Å². The number of anilines is 1. The fourth-order valence-corrected chi connectivity index (χ4v) is 2.23. The van der Waals surface area contributed by atoms with E-state index in [1.807, 2.05) is 0 Å². The number of primary amides is 1. The molecule has 0 aromatic carbocycles. The van der Waals surface area contributed by atoms with Crippen molar-refractivity contribution in [3.05, 3.63) is 17.3 Å². The van der Waals surface area contributed by atoms with Gasteiger partial charge in [-0.05, 0) is 37.8 Å². The van der Waals surface area contributed by atoms with Gasteiger partial charge in [-0.3, -0.25) is 4.79 Å². The second-order valence-corrected chi connectivity index (χ2v) is 4.72. The third kappa shape index (κ3) is 3.30. The topological polar surface area (TPSA) is 80.9 Å². The third-order valence-electron chi connectivity index (χ3n) is 3.11. The van der Waals surface area contributed by atoms with E-state index in [1.165, 1.54) is 0 Å². The van der Waals surface area contributed by atoms with Crippen LogP contribution >= 0.6 is 11.6 Å². The fraction of sp³-hybridized carbons (Fsp3) is 0.545. The molecule has 1 aromatic heterocycles. The van der Waals surface area contributed by atoms with Crippen LogP contribution in [-0.2, 0) is 4.79 Å². The van der Waals surface area contributed by atoms with E-state index in [-0.39, 0.29) is 11.8 Å². The summed E-state index contributed by atoms with van der Waals surface area (Å²) < 4.78 is 0. The Kier molecular flexibility index (Phi) is 3.78. The quantitative estimate of drug-likeness (QED) is 0.858. The Hall–Kier alpha value is -1.36. The number of rotatable bonds is 3. The van der Waals surface area contributed by atoms with E-state index >= 15 is 0 Å². The van der Waals surface area contributed by atoms with Crippen molar-refractivity contribution in [1.29, 1.82) is 0 Å². The molecule has 1 aliphatic carbocycles. The number of halogens is 1. The fourth-order valence-electron chi connectivity index (χ4n) is 2.12. The molecule has 5 nitrogen and oxygen atoms in total. The molecule has 92 valence electrons. The smallest absolute Gasteiger partial charge is 0.220 e. The summed E-state index contributed by atoms with van der Waals surface area (Å²) in [5.74, 6) is 0.566. The highest BCUT2D eigenvalue weighted by Gasteiger charge is 2.24. The molecule has 1 amide bonds. The molecular formula is C11H15ClN4O. The van der Waals surface area contributed by atoms with Crippen molar-refractivity contribution in [2.75, 3.05) is 5.32 Å². The molecule has 0 atom stereocenters. The number of amides is 1. The molecule has 0 saturated heterocycles. The van der Waals surface area contributed by atoms with Gasteiger partial charge < -0.3 is 11.1 Å². The van der Waals surface area contributed by atoms with Crippen molar-refractivity contribution < 1.29 is 4.79 Å². The highest BCUT2D eigenvalue weighted by molar-refractivity contribution is 6.29. The Bertz CT molecular complexity index is 387. The molecule has 0 radical (unpaired) electrons. The zero-order chi connectivity index (χ0) is 12.3. The SMILES string of the molecule is NC(=O)C1CCC(Nc2ccc(Cl)nn2)CC1. The first-order valence-electron chi connectivity index (χ1n) is 5.70. The molecule has 1 fully saturated rings. The van der Waals surface area contributed by atoms with Crippen LogP contribution in [0.4, 0.5) is 5.82 Å². The summed E-state index contributed by atoms with van der Waals surface area (Å²) in [6, 6.07) is 3.84. The van der Waals surface area contributed by atoms with Gasteiger partial charge in [0.2, 0.25) is 5.91 Å². The molecular weight excluding hydrogens is 240 g/mol. The summed E-state index contributed by atoms with van der Waals surface area (Å²) in [7, 11) is 0. The number of hydrogen-bond acceptors (Lipinski definition) is 4. The van der Waals surface area contributed by atoms with Gasteiger partial charge >= 0.3 is 0 Å². The maximum atomic E-state index is 11.0. The summed E-state index contributed by atoms with van der Waals surface area (Å²) in [4.78, 5) is 11.0. The number of nitrogens with one attached hydrogen (secondary N) is 1. The van der Waals surface area contributed by atoms with E-state index in [0.717, 1.165) is 31.5 Å². The Morgan fingerprint density at radius 2 is 2.00 bits per heavy atom. The zero-order valence-corrected chi connectivity index (χ0v) is 10.2. The van der Waals surface area contributed by atoms with Gasteiger partial charge in [0, 0.05) is 12.0 Å². The number of nitrogens with zero attached hydrogens (tertiary/aromatic N) is 2. The van der Waals surface area contributed by atoms with Crippen LogP contribution in [-0.4, -0.2) is 22.1 Å². The summed E-state index contributed by atoms with van der Waals surface area (Å²) in [5, 5.41) is 11.4. The van der Waals surface area contributed by atoms with Crippen LogP contribution in [0.3, 0.4) is 0 Å². The van der Waals surface area contributed by atoms with E-state index < -0.39 is 0 Å². The minimum Gasteiger partial charge on any atom is -0.369 e. The average molecular weight is 255 g/mol. The van der Waals surface area contributed by atoms with Crippen LogP contribution in [0.25, 0.3) is 0 Å².